The quantitative estimate of drug-likeness (QED) is 0.538. The third-order valence-electron chi connectivity index (χ3n) is 0.731. The molecule has 0 bridgehead atoms. The van der Waals surface area contributed by atoms with E-state index in [9.17, 15) is 4.55 Å². The van der Waals surface area contributed by atoms with Gasteiger partial charge in [-0.3, -0.25) is 0 Å². The van der Waals surface area contributed by atoms with Crippen LogP contribution in [0.4, 0.5) is 0 Å². The highest BCUT2D eigenvalue weighted by Gasteiger charge is 2.18. The zero-order valence-electron chi connectivity index (χ0n) is 6.10. The van der Waals surface area contributed by atoms with E-state index in [-0.39, 0.29) is 5.54 Å². The van der Waals surface area contributed by atoms with Crippen molar-refractivity contribution in [2.24, 2.45) is 5.73 Å². The molecular formula is C5H14N2OS. The summed E-state index contributed by atoms with van der Waals surface area (Å²) in [6, 6.07) is 0. The van der Waals surface area contributed by atoms with E-state index < -0.39 is 11.4 Å². The molecule has 0 fully saturated rings. The van der Waals surface area contributed by atoms with Crippen LogP contribution in [-0.4, -0.2) is 22.9 Å². The summed E-state index contributed by atoms with van der Waals surface area (Å²) in [4.78, 5) is 0. The zero-order valence-corrected chi connectivity index (χ0v) is 6.92. The third kappa shape index (κ3) is 6.11. The van der Waals surface area contributed by atoms with Crippen molar-refractivity contribution < 1.29 is 4.55 Å². The summed E-state index contributed by atoms with van der Waals surface area (Å²) in [5.74, 6) is 0.490. The van der Waals surface area contributed by atoms with Crippen molar-refractivity contribution in [3.8, 4) is 0 Å². The van der Waals surface area contributed by atoms with Gasteiger partial charge in [-0.1, -0.05) is 0 Å². The Labute approximate surface area is 59.3 Å². The first kappa shape index (κ1) is 9.23. The molecule has 0 heterocycles. The predicted octanol–water partition coefficient (Wildman–Crippen LogP) is -0.393. The van der Waals surface area contributed by atoms with E-state index in [0.29, 0.717) is 5.75 Å². The molecule has 9 heavy (non-hydrogen) atoms. The first-order chi connectivity index (χ1) is 3.95. The second-order valence-corrected chi connectivity index (χ2v) is 4.07. The van der Waals surface area contributed by atoms with Gasteiger partial charge in [0.15, 0.2) is 0 Å². The standard InChI is InChI=1S/C5H14N2OS/c1-5(2,6)4-9(8)7-3/h7H,4,6H2,1-3H3. The maximum absolute atomic E-state index is 10.7. The van der Waals surface area contributed by atoms with Gasteiger partial charge in [0.2, 0.25) is 0 Å². The lowest BCUT2D eigenvalue weighted by atomic mass is 10.1. The first-order valence-corrected chi connectivity index (χ1v) is 4.12. The van der Waals surface area contributed by atoms with Gasteiger partial charge in [-0.15, -0.1) is 4.72 Å². The van der Waals surface area contributed by atoms with Gasteiger partial charge in [0.25, 0.3) is 0 Å². The van der Waals surface area contributed by atoms with Crippen LogP contribution in [0.1, 0.15) is 13.8 Å². The van der Waals surface area contributed by atoms with Crippen molar-refractivity contribution in [3.05, 3.63) is 0 Å². The van der Waals surface area contributed by atoms with Crippen LogP contribution in [0.25, 0.3) is 0 Å². The van der Waals surface area contributed by atoms with Crippen LogP contribution >= 0.6 is 0 Å². The molecule has 0 aromatic heterocycles. The third-order valence-corrected chi connectivity index (χ3v) is 2.19. The summed E-state index contributed by atoms with van der Waals surface area (Å²) in [6.45, 7) is 3.70. The van der Waals surface area contributed by atoms with Gasteiger partial charge in [-0.25, -0.2) is 0 Å². The lowest BCUT2D eigenvalue weighted by Crippen LogP contribution is -2.43. The van der Waals surface area contributed by atoms with E-state index in [2.05, 4.69) is 4.72 Å². The molecular weight excluding hydrogens is 136 g/mol. The average Bonchev–Trinajstić information content (AvgIpc) is 1.62. The summed E-state index contributed by atoms with van der Waals surface area (Å²) in [7, 11) is 1.65. The van der Waals surface area contributed by atoms with Gasteiger partial charge in [-0.05, 0) is 13.8 Å². The molecule has 0 aliphatic rings. The Kier molecular flexibility index (Phi) is 3.50. The van der Waals surface area contributed by atoms with E-state index in [1.54, 1.807) is 7.05 Å². The Bertz CT molecular complexity index is 81.5. The van der Waals surface area contributed by atoms with Crippen molar-refractivity contribution in [1.82, 2.24) is 4.72 Å². The Morgan fingerprint density at radius 3 is 2.22 bits per heavy atom. The van der Waals surface area contributed by atoms with Crippen molar-refractivity contribution >= 4 is 11.4 Å². The van der Waals surface area contributed by atoms with Gasteiger partial charge >= 0.3 is 0 Å². The molecule has 0 radical (unpaired) electrons. The largest absolute Gasteiger partial charge is 0.598 e. The number of nitrogens with one attached hydrogen (secondary N) is 1. The van der Waals surface area contributed by atoms with Crippen molar-refractivity contribution in [1.29, 1.82) is 0 Å². The molecule has 0 spiro atoms. The monoisotopic (exact) mass is 150 g/mol. The second-order valence-electron chi connectivity index (χ2n) is 2.68. The molecule has 3 N–H and O–H groups in total. The van der Waals surface area contributed by atoms with Gasteiger partial charge < -0.3 is 10.3 Å². The smallest absolute Gasteiger partial charge is 0.142 e. The van der Waals surface area contributed by atoms with E-state index in [1.807, 2.05) is 13.8 Å². The summed E-state index contributed by atoms with van der Waals surface area (Å²) in [5, 5.41) is 0. The summed E-state index contributed by atoms with van der Waals surface area (Å²) >= 11 is -0.971. The summed E-state index contributed by atoms with van der Waals surface area (Å²) in [5.41, 5.74) is 5.24. The van der Waals surface area contributed by atoms with Gasteiger partial charge in [-0.2, -0.15) is 0 Å². The van der Waals surface area contributed by atoms with Crippen molar-refractivity contribution in [2.45, 2.75) is 19.4 Å². The minimum absolute atomic E-state index is 0.339. The Morgan fingerprint density at radius 2 is 2.11 bits per heavy atom. The maximum Gasteiger partial charge on any atom is 0.142 e. The van der Waals surface area contributed by atoms with Gasteiger partial charge in [0, 0.05) is 18.4 Å². The predicted molar refractivity (Wildman–Crippen MR) is 40.3 cm³/mol. The van der Waals surface area contributed by atoms with Crippen LogP contribution in [0.5, 0.6) is 0 Å². The second kappa shape index (κ2) is 3.41. The molecule has 1 unspecified atom stereocenters. The van der Waals surface area contributed by atoms with Crippen LogP contribution in [0, 0.1) is 0 Å². The summed E-state index contributed by atoms with van der Waals surface area (Å²) < 4.78 is 13.4. The van der Waals surface area contributed by atoms with E-state index in [4.69, 9.17) is 5.73 Å². The fourth-order valence-electron chi connectivity index (χ4n) is 0.410. The molecule has 0 amide bonds. The van der Waals surface area contributed by atoms with Gasteiger partial charge in [0.05, 0.1) is 5.54 Å². The number of nitrogens with two attached hydrogens (primary N) is 1. The maximum atomic E-state index is 10.7. The van der Waals surface area contributed by atoms with Crippen LogP contribution in [0.3, 0.4) is 0 Å². The van der Waals surface area contributed by atoms with Crippen LogP contribution in [0.15, 0.2) is 0 Å². The fraction of sp³-hybridized carbons (Fsp3) is 1.00. The molecule has 1 atom stereocenters. The van der Waals surface area contributed by atoms with E-state index in [1.165, 1.54) is 0 Å². The molecule has 3 nitrogen and oxygen atoms in total. The highest BCUT2D eigenvalue weighted by Crippen LogP contribution is 1.99. The summed E-state index contributed by atoms with van der Waals surface area (Å²) in [6.07, 6.45) is 0. The van der Waals surface area contributed by atoms with Gasteiger partial charge in [0.1, 0.15) is 5.75 Å². The average molecular weight is 150 g/mol. The van der Waals surface area contributed by atoms with E-state index in [0.717, 1.165) is 0 Å². The lowest BCUT2D eigenvalue weighted by molar-refractivity contribution is 0.538. The molecule has 0 aliphatic heterocycles. The van der Waals surface area contributed by atoms with Crippen molar-refractivity contribution in [2.75, 3.05) is 12.8 Å². The minimum atomic E-state index is -0.971. The zero-order chi connectivity index (χ0) is 7.49. The normalized spacial score (nSPS) is 15.7. The first-order valence-electron chi connectivity index (χ1n) is 2.80. The molecule has 0 aromatic rings. The Morgan fingerprint density at radius 1 is 1.67 bits per heavy atom. The molecule has 0 rings (SSSR count). The number of hydrogen-bond acceptors (Lipinski definition) is 3. The molecule has 0 saturated heterocycles. The van der Waals surface area contributed by atoms with E-state index >= 15 is 0 Å². The highest BCUT2D eigenvalue weighted by atomic mass is 32.2. The molecule has 0 aliphatic carbocycles. The topological polar surface area (TPSA) is 61.1 Å². The number of rotatable bonds is 3. The van der Waals surface area contributed by atoms with Crippen molar-refractivity contribution in [3.63, 3.8) is 0 Å². The minimum Gasteiger partial charge on any atom is -0.598 e. The van der Waals surface area contributed by atoms with Crippen LogP contribution < -0.4 is 10.5 Å². The fourth-order valence-corrected chi connectivity index (χ4v) is 1.23. The van der Waals surface area contributed by atoms with Crippen LogP contribution in [-0.2, 0) is 11.4 Å². The Hall–Kier alpha value is 0.230. The molecule has 56 valence electrons. The van der Waals surface area contributed by atoms with Crippen LogP contribution in [0.2, 0.25) is 0 Å². The molecule has 0 saturated carbocycles. The number of hydrogen-bond donors (Lipinski definition) is 2. The lowest BCUT2D eigenvalue weighted by Gasteiger charge is -2.18. The highest BCUT2D eigenvalue weighted by molar-refractivity contribution is 7.89. The molecule has 4 heteroatoms. The molecule has 0 aromatic carbocycles. The SMILES string of the molecule is CN[S+]([O-])CC(C)(C)N. The Balaban J connectivity index is 3.47.